The first-order chi connectivity index (χ1) is 8.31. The van der Waals surface area contributed by atoms with Gasteiger partial charge in [-0.25, -0.2) is 0 Å². The highest BCUT2D eigenvalue weighted by molar-refractivity contribution is 9.09. The van der Waals surface area contributed by atoms with Crippen LogP contribution in [0.25, 0.3) is 0 Å². The minimum atomic E-state index is 0.869. The minimum absolute atomic E-state index is 0.869. The molecule has 104 valence electrons. The maximum atomic E-state index is 3.54. The van der Waals surface area contributed by atoms with Crippen LogP contribution < -0.4 is 0 Å². The Labute approximate surface area is 118 Å². The number of hydrogen-bond acceptors (Lipinski definition) is 0. The molecule has 17 heavy (non-hydrogen) atoms. The zero-order valence-electron chi connectivity index (χ0n) is 12.1. The molecule has 0 amide bonds. The minimum Gasteiger partial charge on any atom is -0.0925 e. The van der Waals surface area contributed by atoms with Crippen LogP contribution in [0.15, 0.2) is 0 Å². The molecule has 0 rings (SSSR count). The molecule has 0 saturated heterocycles. The molecular weight excluding hydrogens is 272 g/mol. The lowest BCUT2D eigenvalue weighted by molar-refractivity contribution is 0.509. The summed E-state index contributed by atoms with van der Waals surface area (Å²) in [6.45, 7) is 4.63. The Morgan fingerprint density at radius 3 is 1.53 bits per heavy atom. The maximum absolute atomic E-state index is 3.54. The fourth-order valence-electron chi connectivity index (χ4n) is 2.23. The first-order valence-electron chi connectivity index (χ1n) is 7.87. The summed E-state index contributed by atoms with van der Waals surface area (Å²) in [7, 11) is 0. The van der Waals surface area contributed by atoms with E-state index in [1.54, 1.807) is 0 Å². The molecule has 0 radical (unpaired) electrons. The molecule has 0 bridgehead atoms. The summed E-state index contributed by atoms with van der Waals surface area (Å²) in [5.74, 6) is 0.869. The predicted molar refractivity (Wildman–Crippen MR) is 84.0 cm³/mol. The smallest absolute Gasteiger partial charge is 0.00570 e. The van der Waals surface area contributed by atoms with Crippen molar-refractivity contribution in [2.24, 2.45) is 5.92 Å². The standard InChI is InChI=1S/C16H33Br/c1-3-4-5-6-7-8-9-10-11-12-13-14-16(2)15-17/h16H,3-15H2,1-2H3. The summed E-state index contributed by atoms with van der Waals surface area (Å²) in [6, 6.07) is 0. The quantitative estimate of drug-likeness (QED) is 0.262. The second-order valence-corrected chi connectivity index (χ2v) is 6.23. The largest absolute Gasteiger partial charge is 0.0925 e. The van der Waals surface area contributed by atoms with E-state index in [4.69, 9.17) is 0 Å². The molecule has 0 heterocycles. The Morgan fingerprint density at radius 2 is 1.12 bits per heavy atom. The van der Waals surface area contributed by atoms with E-state index in [9.17, 15) is 0 Å². The van der Waals surface area contributed by atoms with Crippen molar-refractivity contribution in [2.75, 3.05) is 5.33 Å². The van der Waals surface area contributed by atoms with Crippen LogP contribution in [-0.4, -0.2) is 5.33 Å². The van der Waals surface area contributed by atoms with Crippen molar-refractivity contribution >= 4 is 15.9 Å². The van der Waals surface area contributed by atoms with Crippen LogP contribution in [0.1, 0.15) is 90.9 Å². The van der Waals surface area contributed by atoms with Crippen LogP contribution in [0.5, 0.6) is 0 Å². The van der Waals surface area contributed by atoms with Gasteiger partial charge in [-0.15, -0.1) is 0 Å². The summed E-state index contributed by atoms with van der Waals surface area (Å²) in [5, 5.41) is 1.17. The fraction of sp³-hybridized carbons (Fsp3) is 1.00. The van der Waals surface area contributed by atoms with Crippen LogP contribution in [0.3, 0.4) is 0 Å². The second-order valence-electron chi connectivity index (χ2n) is 5.58. The lowest BCUT2D eigenvalue weighted by Crippen LogP contribution is -1.94. The van der Waals surface area contributed by atoms with Gasteiger partial charge in [0.2, 0.25) is 0 Å². The average molecular weight is 305 g/mol. The monoisotopic (exact) mass is 304 g/mol. The van der Waals surface area contributed by atoms with Crippen LogP contribution in [0.4, 0.5) is 0 Å². The highest BCUT2D eigenvalue weighted by atomic mass is 79.9. The number of halogens is 1. The number of hydrogen-bond donors (Lipinski definition) is 0. The van der Waals surface area contributed by atoms with Gasteiger partial charge in [-0.3, -0.25) is 0 Å². The molecule has 0 saturated carbocycles. The van der Waals surface area contributed by atoms with Gasteiger partial charge in [0.05, 0.1) is 0 Å². The normalized spacial score (nSPS) is 12.9. The molecule has 0 spiro atoms. The molecule has 0 aliphatic rings. The molecule has 1 unspecified atom stereocenters. The van der Waals surface area contributed by atoms with Crippen molar-refractivity contribution in [2.45, 2.75) is 90.9 Å². The second kappa shape index (κ2) is 14.5. The van der Waals surface area contributed by atoms with Crippen molar-refractivity contribution in [3.05, 3.63) is 0 Å². The molecule has 0 nitrogen and oxygen atoms in total. The first kappa shape index (κ1) is 17.5. The molecular formula is C16H33Br. The van der Waals surface area contributed by atoms with E-state index in [1.807, 2.05) is 0 Å². The van der Waals surface area contributed by atoms with E-state index in [1.165, 1.54) is 82.4 Å². The lowest BCUT2D eigenvalue weighted by Gasteiger charge is -2.06. The zero-order valence-corrected chi connectivity index (χ0v) is 13.7. The molecule has 0 aromatic heterocycles. The van der Waals surface area contributed by atoms with Crippen LogP contribution in [0.2, 0.25) is 0 Å². The summed E-state index contributed by atoms with van der Waals surface area (Å²) < 4.78 is 0. The highest BCUT2D eigenvalue weighted by Crippen LogP contribution is 2.14. The third kappa shape index (κ3) is 14.4. The van der Waals surface area contributed by atoms with Gasteiger partial charge in [0, 0.05) is 5.33 Å². The molecule has 0 N–H and O–H groups in total. The molecule has 1 heteroatoms. The summed E-state index contributed by atoms with van der Waals surface area (Å²) in [4.78, 5) is 0. The topological polar surface area (TPSA) is 0 Å². The fourth-order valence-corrected chi connectivity index (χ4v) is 2.56. The van der Waals surface area contributed by atoms with Crippen molar-refractivity contribution < 1.29 is 0 Å². The van der Waals surface area contributed by atoms with Gasteiger partial charge >= 0.3 is 0 Å². The van der Waals surface area contributed by atoms with Crippen LogP contribution in [0, 0.1) is 5.92 Å². The third-order valence-electron chi connectivity index (χ3n) is 3.56. The number of alkyl halides is 1. The molecule has 0 aromatic rings. The highest BCUT2D eigenvalue weighted by Gasteiger charge is 1.98. The molecule has 0 aromatic carbocycles. The van der Waals surface area contributed by atoms with Gasteiger partial charge in [0.25, 0.3) is 0 Å². The van der Waals surface area contributed by atoms with Gasteiger partial charge in [0.1, 0.15) is 0 Å². The predicted octanol–water partition coefficient (Wildman–Crippen LogP) is 6.72. The lowest BCUT2D eigenvalue weighted by atomic mass is 10.0. The molecule has 1 atom stereocenters. The van der Waals surface area contributed by atoms with E-state index < -0.39 is 0 Å². The average Bonchev–Trinajstić information content (AvgIpc) is 2.35. The summed E-state index contributed by atoms with van der Waals surface area (Å²) in [6.07, 6.45) is 17.4. The molecule has 0 aliphatic heterocycles. The van der Waals surface area contributed by atoms with Gasteiger partial charge in [-0.05, 0) is 12.3 Å². The van der Waals surface area contributed by atoms with Crippen molar-refractivity contribution in [1.82, 2.24) is 0 Å². The van der Waals surface area contributed by atoms with E-state index in [-0.39, 0.29) is 0 Å². The SMILES string of the molecule is CCCCCCCCCCCCCC(C)CBr. The Hall–Kier alpha value is 0.480. The third-order valence-corrected chi connectivity index (χ3v) is 4.67. The van der Waals surface area contributed by atoms with E-state index in [2.05, 4.69) is 29.8 Å². The van der Waals surface area contributed by atoms with Crippen LogP contribution in [-0.2, 0) is 0 Å². The number of unbranched alkanes of at least 4 members (excludes halogenated alkanes) is 10. The van der Waals surface area contributed by atoms with Gasteiger partial charge < -0.3 is 0 Å². The van der Waals surface area contributed by atoms with E-state index in [0.29, 0.717) is 0 Å². The zero-order chi connectivity index (χ0) is 12.8. The Bertz CT molecular complexity index is 133. The Kier molecular flexibility index (Phi) is 15.0. The molecule has 0 fully saturated rings. The molecule has 0 aliphatic carbocycles. The maximum Gasteiger partial charge on any atom is 0.00570 e. The van der Waals surface area contributed by atoms with E-state index in [0.717, 1.165) is 5.92 Å². The van der Waals surface area contributed by atoms with Crippen molar-refractivity contribution in [1.29, 1.82) is 0 Å². The number of rotatable bonds is 13. The van der Waals surface area contributed by atoms with Crippen molar-refractivity contribution in [3.63, 3.8) is 0 Å². The summed E-state index contributed by atoms with van der Waals surface area (Å²) in [5.41, 5.74) is 0. The van der Waals surface area contributed by atoms with Crippen LogP contribution >= 0.6 is 15.9 Å². The van der Waals surface area contributed by atoms with Gasteiger partial charge in [-0.1, -0.05) is 100 Å². The van der Waals surface area contributed by atoms with Gasteiger partial charge in [-0.2, -0.15) is 0 Å². The summed E-state index contributed by atoms with van der Waals surface area (Å²) >= 11 is 3.54. The Balaban J connectivity index is 2.94. The Morgan fingerprint density at radius 1 is 0.706 bits per heavy atom. The first-order valence-corrected chi connectivity index (χ1v) is 8.99. The van der Waals surface area contributed by atoms with E-state index >= 15 is 0 Å². The van der Waals surface area contributed by atoms with Gasteiger partial charge in [0.15, 0.2) is 0 Å². The van der Waals surface area contributed by atoms with Crippen molar-refractivity contribution in [3.8, 4) is 0 Å².